The molecule has 1 heterocycles. The van der Waals surface area contributed by atoms with E-state index in [1.807, 2.05) is 0 Å². The van der Waals surface area contributed by atoms with Crippen LogP contribution in [0, 0.1) is 11.3 Å². The normalized spacial score (nSPS) is 21.9. The minimum Gasteiger partial charge on any atom is -0.367 e. The molecule has 1 aliphatic heterocycles. The first-order valence-electron chi connectivity index (χ1n) is 8.89. The Morgan fingerprint density at radius 3 is 3.00 bits per heavy atom. The van der Waals surface area contributed by atoms with Gasteiger partial charge in [0.1, 0.15) is 12.1 Å². The summed E-state index contributed by atoms with van der Waals surface area (Å²) in [7, 11) is 0. The molecule has 5 heteroatoms. The van der Waals surface area contributed by atoms with Gasteiger partial charge in [0.05, 0.1) is 6.07 Å². The summed E-state index contributed by atoms with van der Waals surface area (Å²) < 4.78 is 5.55. The second-order valence-corrected chi connectivity index (χ2v) is 6.62. The molecule has 1 aromatic rings. The van der Waals surface area contributed by atoms with E-state index in [1.54, 1.807) is 0 Å². The number of hydrogen-bond donors (Lipinski definition) is 2. The lowest BCUT2D eigenvalue weighted by atomic mass is 9.89. The lowest BCUT2D eigenvalue weighted by molar-refractivity contribution is -0.132. The Morgan fingerprint density at radius 1 is 1.33 bits per heavy atom. The van der Waals surface area contributed by atoms with Gasteiger partial charge in [-0.1, -0.05) is 18.2 Å². The molecule has 1 aromatic carbocycles. The van der Waals surface area contributed by atoms with Crippen molar-refractivity contribution in [1.29, 1.82) is 5.26 Å². The van der Waals surface area contributed by atoms with Crippen LogP contribution in [-0.4, -0.2) is 37.7 Å². The Morgan fingerprint density at radius 2 is 2.17 bits per heavy atom. The third-order valence-electron chi connectivity index (χ3n) is 4.76. The molecular weight excluding hydrogens is 302 g/mol. The predicted molar refractivity (Wildman–Crippen MR) is 91.6 cm³/mol. The van der Waals surface area contributed by atoms with Crippen LogP contribution in [0.4, 0.5) is 0 Å². The van der Waals surface area contributed by atoms with Gasteiger partial charge in [0.25, 0.3) is 5.91 Å². The highest BCUT2D eigenvalue weighted by atomic mass is 16.5. The average molecular weight is 327 g/mol. The maximum absolute atomic E-state index is 12.3. The van der Waals surface area contributed by atoms with E-state index in [4.69, 9.17) is 4.74 Å². The molecule has 1 amide bonds. The number of rotatable bonds is 4. The van der Waals surface area contributed by atoms with E-state index >= 15 is 0 Å². The van der Waals surface area contributed by atoms with Gasteiger partial charge < -0.3 is 15.4 Å². The maximum Gasteiger partial charge on any atom is 0.251 e. The number of nitrogens with one attached hydrogen (secondary N) is 2. The topological polar surface area (TPSA) is 74.2 Å². The minimum absolute atomic E-state index is 0.200. The highest BCUT2D eigenvalue weighted by molar-refractivity contribution is 5.81. The van der Waals surface area contributed by atoms with Crippen molar-refractivity contribution in [1.82, 2.24) is 10.6 Å². The number of aryl methyl sites for hydroxylation is 2. The summed E-state index contributed by atoms with van der Waals surface area (Å²) in [6.07, 6.45) is 5.70. The summed E-state index contributed by atoms with van der Waals surface area (Å²) in [6, 6.07) is 8.16. The molecule has 1 aliphatic carbocycles. The monoisotopic (exact) mass is 327 g/mol. The summed E-state index contributed by atoms with van der Waals surface area (Å²) in [6.45, 7) is 1.94. The van der Waals surface area contributed by atoms with Crippen LogP contribution in [0.5, 0.6) is 0 Å². The fourth-order valence-electron chi connectivity index (χ4n) is 3.43. The van der Waals surface area contributed by atoms with Crippen molar-refractivity contribution in [2.24, 2.45) is 0 Å². The Kier molecular flexibility index (Phi) is 5.84. The predicted octanol–water partition coefficient (Wildman–Crippen LogP) is 1.49. The molecule has 0 spiro atoms. The summed E-state index contributed by atoms with van der Waals surface area (Å²) in [5.41, 5.74) is 3.95. The molecule has 5 nitrogen and oxygen atoms in total. The smallest absolute Gasteiger partial charge is 0.251 e. The van der Waals surface area contributed by atoms with Crippen LogP contribution in [-0.2, 0) is 28.8 Å². The molecule has 1 saturated heterocycles. The van der Waals surface area contributed by atoms with E-state index in [9.17, 15) is 10.1 Å². The zero-order valence-corrected chi connectivity index (χ0v) is 14.0. The van der Waals surface area contributed by atoms with E-state index in [-0.39, 0.29) is 5.91 Å². The fourth-order valence-corrected chi connectivity index (χ4v) is 3.43. The average Bonchev–Trinajstić information content (AvgIpc) is 2.90. The number of carbonyl (C=O) groups excluding carboxylic acids is 1. The van der Waals surface area contributed by atoms with E-state index in [0.717, 1.165) is 31.4 Å². The van der Waals surface area contributed by atoms with Gasteiger partial charge >= 0.3 is 0 Å². The van der Waals surface area contributed by atoms with Gasteiger partial charge in [-0.15, -0.1) is 0 Å². The number of fused-ring (bicyclic) bond motifs is 1. The Bertz CT molecular complexity index is 616. The molecule has 0 bridgehead atoms. The molecule has 3 rings (SSSR count). The zero-order chi connectivity index (χ0) is 16.8. The number of hydrogen-bond acceptors (Lipinski definition) is 4. The molecule has 2 N–H and O–H groups in total. The second-order valence-electron chi connectivity index (χ2n) is 6.62. The first kappa shape index (κ1) is 16.9. The summed E-state index contributed by atoms with van der Waals surface area (Å²) >= 11 is 0. The summed E-state index contributed by atoms with van der Waals surface area (Å²) in [5.74, 6) is -0.200. The Hall–Kier alpha value is -1.90. The van der Waals surface area contributed by atoms with Gasteiger partial charge in [0, 0.05) is 19.6 Å². The molecule has 2 atom stereocenters. The van der Waals surface area contributed by atoms with Crippen molar-refractivity contribution in [2.45, 2.75) is 50.7 Å². The van der Waals surface area contributed by atoms with Gasteiger partial charge in [-0.3, -0.25) is 4.79 Å². The van der Waals surface area contributed by atoms with Crippen molar-refractivity contribution in [3.63, 3.8) is 0 Å². The van der Waals surface area contributed by atoms with Crippen LogP contribution in [0.15, 0.2) is 18.2 Å². The van der Waals surface area contributed by atoms with Crippen molar-refractivity contribution in [3.8, 4) is 6.07 Å². The molecule has 0 radical (unpaired) electrons. The van der Waals surface area contributed by atoms with E-state index < -0.39 is 12.1 Å². The number of carbonyl (C=O) groups is 1. The molecule has 128 valence electrons. The first-order valence-corrected chi connectivity index (χ1v) is 8.89. The number of ether oxygens (including phenoxy) is 1. The van der Waals surface area contributed by atoms with E-state index in [2.05, 4.69) is 34.9 Å². The molecule has 0 saturated carbocycles. The molecule has 24 heavy (non-hydrogen) atoms. The van der Waals surface area contributed by atoms with Crippen molar-refractivity contribution < 1.29 is 9.53 Å². The molecule has 2 aliphatic rings. The van der Waals surface area contributed by atoms with Gasteiger partial charge in [-0.2, -0.15) is 5.26 Å². The molecule has 0 aromatic heterocycles. The molecule has 1 fully saturated rings. The summed E-state index contributed by atoms with van der Waals surface area (Å²) in [5, 5.41) is 15.4. The number of benzene rings is 1. The third-order valence-corrected chi connectivity index (χ3v) is 4.76. The van der Waals surface area contributed by atoms with E-state index in [0.29, 0.717) is 19.6 Å². The quantitative estimate of drug-likeness (QED) is 0.879. The van der Waals surface area contributed by atoms with Crippen molar-refractivity contribution in [3.05, 3.63) is 34.9 Å². The lowest BCUT2D eigenvalue weighted by Crippen LogP contribution is -2.46. The minimum atomic E-state index is -0.522. The standard InChI is InChI=1S/C19H25N3O2/c20-12-17(22-19(23)18-13-21-8-3-9-24-18)11-14-6-7-15-4-1-2-5-16(15)10-14/h6-7,10,17-18,21H,1-5,8-9,11,13H2,(H,22,23)/t17-,18-/m0/s1. The highest BCUT2D eigenvalue weighted by Gasteiger charge is 2.23. The largest absolute Gasteiger partial charge is 0.367 e. The van der Waals surface area contributed by atoms with Crippen LogP contribution in [0.2, 0.25) is 0 Å². The first-order chi connectivity index (χ1) is 11.8. The van der Waals surface area contributed by atoms with Crippen LogP contribution in [0.3, 0.4) is 0 Å². The SMILES string of the molecule is N#C[C@H](Cc1ccc2c(c1)CCCC2)NC(=O)[C@@H]1CNCCCO1. The van der Waals surface area contributed by atoms with Crippen LogP contribution >= 0.6 is 0 Å². The highest BCUT2D eigenvalue weighted by Crippen LogP contribution is 2.22. The number of nitriles is 1. The molecule has 0 unspecified atom stereocenters. The fraction of sp³-hybridized carbons (Fsp3) is 0.579. The number of nitrogens with zero attached hydrogens (tertiary/aromatic N) is 1. The van der Waals surface area contributed by atoms with Gasteiger partial charge in [-0.05, 0) is 55.3 Å². The van der Waals surface area contributed by atoms with Gasteiger partial charge in [-0.25, -0.2) is 0 Å². The van der Waals surface area contributed by atoms with Crippen LogP contribution < -0.4 is 10.6 Å². The van der Waals surface area contributed by atoms with E-state index in [1.165, 1.54) is 24.0 Å². The van der Waals surface area contributed by atoms with Crippen LogP contribution in [0.1, 0.15) is 36.0 Å². The van der Waals surface area contributed by atoms with Crippen LogP contribution in [0.25, 0.3) is 0 Å². The Labute approximate surface area is 143 Å². The van der Waals surface area contributed by atoms with Crippen molar-refractivity contribution >= 4 is 5.91 Å². The summed E-state index contributed by atoms with van der Waals surface area (Å²) in [4.78, 5) is 12.3. The lowest BCUT2D eigenvalue weighted by Gasteiger charge is -2.19. The third kappa shape index (κ3) is 4.34. The van der Waals surface area contributed by atoms with Gasteiger partial charge in [0.15, 0.2) is 0 Å². The zero-order valence-electron chi connectivity index (χ0n) is 14.0. The van der Waals surface area contributed by atoms with Gasteiger partial charge in [0.2, 0.25) is 0 Å². The van der Waals surface area contributed by atoms with Crippen molar-refractivity contribution in [2.75, 3.05) is 19.7 Å². The Balaban J connectivity index is 1.60. The maximum atomic E-state index is 12.3. The second kappa shape index (κ2) is 8.27. The number of amides is 1. The molecular formula is C19H25N3O2.